The zero-order chi connectivity index (χ0) is 22.2. The van der Waals surface area contributed by atoms with Gasteiger partial charge in [0, 0.05) is 5.69 Å². The standard InChI is InChI=1S/C23H20FN3O3S/c1-15-3-6-17(7-4-15)22(28)30-20-12-5-16(13-21(20)29-2)14-25-27-23(31)26-19-10-8-18(24)9-11-19/h3-14H,1-2H3,(H2,26,27,31)/b25-14+. The van der Waals surface area contributed by atoms with Crippen LogP contribution in [0.15, 0.2) is 71.8 Å². The zero-order valence-electron chi connectivity index (χ0n) is 16.9. The number of rotatable bonds is 6. The molecule has 0 saturated carbocycles. The minimum Gasteiger partial charge on any atom is -0.493 e. The number of esters is 1. The summed E-state index contributed by atoms with van der Waals surface area (Å²) in [5, 5.41) is 7.19. The van der Waals surface area contributed by atoms with Gasteiger partial charge in [0.15, 0.2) is 16.6 Å². The third-order valence-electron chi connectivity index (χ3n) is 4.16. The molecular weight excluding hydrogens is 417 g/mol. The predicted octanol–water partition coefficient (Wildman–Crippen LogP) is 4.68. The number of carbonyl (C=O) groups is 1. The van der Waals surface area contributed by atoms with Gasteiger partial charge in [-0.15, -0.1) is 0 Å². The lowest BCUT2D eigenvalue weighted by atomic mass is 10.1. The topological polar surface area (TPSA) is 71.9 Å². The molecule has 8 heteroatoms. The number of aryl methyl sites for hydroxylation is 1. The number of ether oxygens (including phenoxy) is 2. The van der Waals surface area contributed by atoms with Crippen molar-refractivity contribution in [2.45, 2.75) is 6.92 Å². The fourth-order valence-corrected chi connectivity index (χ4v) is 2.73. The van der Waals surface area contributed by atoms with Crippen LogP contribution in [0.3, 0.4) is 0 Å². The molecule has 3 aromatic rings. The van der Waals surface area contributed by atoms with E-state index >= 15 is 0 Å². The quantitative estimate of drug-likeness (QED) is 0.192. The molecule has 0 amide bonds. The predicted molar refractivity (Wildman–Crippen MR) is 122 cm³/mol. The molecule has 0 aliphatic heterocycles. The average molecular weight is 437 g/mol. The summed E-state index contributed by atoms with van der Waals surface area (Å²) in [5.41, 5.74) is 5.51. The summed E-state index contributed by atoms with van der Waals surface area (Å²) in [6.07, 6.45) is 1.53. The first-order chi connectivity index (χ1) is 14.9. The molecule has 6 nitrogen and oxygen atoms in total. The molecule has 3 rings (SSSR count). The van der Waals surface area contributed by atoms with E-state index in [1.165, 1.54) is 25.5 Å². The van der Waals surface area contributed by atoms with Crippen molar-refractivity contribution < 1.29 is 18.7 Å². The van der Waals surface area contributed by atoms with Crippen molar-refractivity contribution in [3.63, 3.8) is 0 Å². The van der Waals surface area contributed by atoms with Crippen molar-refractivity contribution in [3.05, 3.63) is 89.2 Å². The SMILES string of the molecule is COc1cc(/C=N/NC(=S)Nc2ccc(F)cc2)ccc1OC(=O)c1ccc(C)cc1. The van der Waals surface area contributed by atoms with Gasteiger partial charge in [-0.05, 0) is 79.3 Å². The molecule has 0 fully saturated rings. The van der Waals surface area contributed by atoms with Crippen LogP contribution in [0.25, 0.3) is 0 Å². The molecular formula is C23H20FN3O3S. The lowest BCUT2D eigenvalue weighted by Crippen LogP contribution is -2.23. The molecule has 0 radical (unpaired) electrons. The number of methoxy groups -OCH3 is 1. The van der Waals surface area contributed by atoms with Crippen LogP contribution in [0.1, 0.15) is 21.5 Å². The molecule has 0 atom stereocenters. The fraction of sp³-hybridized carbons (Fsp3) is 0.0870. The number of halogens is 1. The van der Waals surface area contributed by atoms with Gasteiger partial charge < -0.3 is 14.8 Å². The van der Waals surface area contributed by atoms with Crippen LogP contribution in [0.4, 0.5) is 10.1 Å². The molecule has 0 aromatic heterocycles. The van der Waals surface area contributed by atoms with E-state index in [-0.39, 0.29) is 10.9 Å². The highest BCUT2D eigenvalue weighted by atomic mass is 32.1. The molecule has 0 saturated heterocycles. The number of benzene rings is 3. The van der Waals surface area contributed by atoms with E-state index in [9.17, 15) is 9.18 Å². The van der Waals surface area contributed by atoms with Crippen LogP contribution in [-0.2, 0) is 0 Å². The number of nitrogens with zero attached hydrogens (tertiary/aromatic N) is 1. The summed E-state index contributed by atoms with van der Waals surface area (Å²) >= 11 is 5.14. The first-order valence-corrected chi connectivity index (χ1v) is 9.68. The molecule has 0 spiro atoms. The maximum Gasteiger partial charge on any atom is 0.343 e. The number of carbonyl (C=O) groups excluding carboxylic acids is 1. The largest absolute Gasteiger partial charge is 0.493 e. The Morgan fingerprint density at radius 1 is 1.03 bits per heavy atom. The third kappa shape index (κ3) is 6.35. The molecule has 2 N–H and O–H groups in total. The fourth-order valence-electron chi connectivity index (χ4n) is 2.55. The molecule has 158 valence electrons. The van der Waals surface area contributed by atoms with E-state index in [2.05, 4.69) is 15.8 Å². The Morgan fingerprint density at radius 3 is 2.42 bits per heavy atom. The van der Waals surface area contributed by atoms with Crippen LogP contribution in [0.5, 0.6) is 11.5 Å². The van der Waals surface area contributed by atoms with E-state index in [4.69, 9.17) is 21.7 Å². The van der Waals surface area contributed by atoms with Crippen molar-refractivity contribution in [2.24, 2.45) is 5.10 Å². The molecule has 31 heavy (non-hydrogen) atoms. The van der Waals surface area contributed by atoms with Crippen LogP contribution < -0.4 is 20.2 Å². The van der Waals surface area contributed by atoms with E-state index in [1.807, 2.05) is 19.1 Å². The van der Waals surface area contributed by atoms with Crippen molar-refractivity contribution in [2.75, 3.05) is 12.4 Å². The lowest BCUT2D eigenvalue weighted by molar-refractivity contribution is 0.0729. The number of hydrogen-bond acceptors (Lipinski definition) is 5. The molecule has 0 aliphatic carbocycles. The zero-order valence-corrected chi connectivity index (χ0v) is 17.7. The van der Waals surface area contributed by atoms with E-state index in [1.54, 1.807) is 42.5 Å². The Kier molecular flexibility index (Phi) is 7.29. The smallest absolute Gasteiger partial charge is 0.343 e. The first kappa shape index (κ1) is 21.9. The van der Waals surface area contributed by atoms with Crippen molar-refractivity contribution in [1.29, 1.82) is 0 Å². The van der Waals surface area contributed by atoms with Crippen LogP contribution in [-0.4, -0.2) is 24.4 Å². The van der Waals surface area contributed by atoms with Crippen molar-refractivity contribution in [3.8, 4) is 11.5 Å². The number of anilines is 1. The van der Waals surface area contributed by atoms with Gasteiger partial charge in [0.05, 0.1) is 18.9 Å². The Labute approximate surface area is 184 Å². The maximum atomic E-state index is 12.9. The summed E-state index contributed by atoms with van der Waals surface area (Å²) in [6, 6.07) is 17.9. The van der Waals surface area contributed by atoms with Gasteiger partial charge in [-0.25, -0.2) is 9.18 Å². The summed E-state index contributed by atoms with van der Waals surface area (Å²) in [6.45, 7) is 1.94. The second kappa shape index (κ2) is 10.3. The van der Waals surface area contributed by atoms with Gasteiger partial charge in [0.1, 0.15) is 5.82 Å². The van der Waals surface area contributed by atoms with Gasteiger partial charge in [0.2, 0.25) is 0 Å². The molecule has 0 unspecified atom stereocenters. The minimum atomic E-state index is -0.474. The normalized spacial score (nSPS) is 10.5. The van der Waals surface area contributed by atoms with E-state index < -0.39 is 5.97 Å². The maximum absolute atomic E-state index is 12.9. The van der Waals surface area contributed by atoms with Crippen LogP contribution in [0.2, 0.25) is 0 Å². The average Bonchev–Trinajstić information content (AvgIpc) is 2.76. The van der Waals surface area contributed by atoms with Gasteiger partial charge >= 0.3 is 5.97 Å². The summed E-state index contributed by atoms with van der Waals surface area (Å²) in [4.78, 5) is 12.3. The molecule has 0 bridgehead atoms. The Morgan fingerprint density at radius 2 is 1.74 bits per heavy atom. The Bertz CT molecular complexity index is 1100. The Balaban J connectivity index is 1.61. The van der Waals surface area contributed by atoms with Crippen molar-refractivity contribution >= 4 is 35.2 Å². The monoisotopic (exact) mass is 437 g/mol. The first-order valence-electron chi connectivity index (χ1n) is 9.27. The number of hydrazone groups is 1. The molecule has 0 heterocycles. The lowest BCUT2D eigenvalue weighted by Gasteiger charge is -2.10. The molecule has 0 aliphatic rings. The Hall–Kier alpha value is -3.78. The summed E-state index contributed by atoms with van der Waals surface area (Å²) in [5.74, 6) is -0.119. The highest BCUT2D eigenvalue weighted by Gasteiger charge is 2.12. The highest BCUT2D eigenvalue weighted by Crippen LogP contribution is 2.28. The van der Waals surface area contributed by atoms with Crippen molar-refractivity contribution in [1.82, 2.24) is 5.43 Å². The number of thiocarbonyl (C=S) groups is 1. The van der Waals surface area contributed by atoms with Crippen LogP contribution in [0, 0.1) is 12.7 Å². The van der Waals surface area contributed by atoms with E-state index in [0.29, 0.717) is 28.3 Å². The van der Waals surface area contributed by atoms with Crippen LogP contribution >= 0.6 is 12.2 Å². The second-order valence-electron chi connectivity index (χ2n) is 6.50. The van der Waals surface area contributed by atoms with Gasteiger partial charge in [0.25, 0.3) is 0 Å². The third-order valence-corrected chi connectivity index (χ3v) is 4.35. The molecule has 3 aromatic carbocycles. The minimum absolute atomic E-state index is 0.249. The number of nitrogens with one attached hydrogen (secondary N) is 2. The van der Waals surface area contributed by atoms with E-state index in [0.717, 1.165) is 5.56 Å². The van der Waals surface area contributed by atoms with Gasteiger partial charge in [-0.2, -0.15) is 5.10 Å². The second-order valence-corrected chi connectivity index (χ2v) is 6.91. The van der Waals surface area contributed by atoms with Gasteiger partial charge in [-0.3, -0.25) is 5.43 Å². The number of hydrogen-bond donors (Lipinski definition) is 2. The summed E-state index contributed by atoms with van der Waals surface area (Å²) in [7, 11) is 1.49. The highest BCUT2D eigenvalue weighted by molar-refractivity contribution is 7.80. The van der Waals surface area contributed by atoms with Gasteiger partial charge in [-0.1, -0.05) is 17.7 Å². The summed E-state index contributed by atoms with van der Waals surface area (Å²) < 4.78 is 23.7.